The van der Waals surface area contributed by atoms with Gasteiger partial charge in [0.1, 0.15) is 11.3 Å². The van der Waals surface area contributed by atoms with Crippen molar-refractivity contribution in [1.29, 1.82) is 0 Å². The second kappa shape index (κ2) is 5.76. The van der Waals surface area contributed by atoms with Crippen LogP contribution in [0.1, 0.15) is 11.5 Å². The number of methoxy groups -OCH3 is 1. The fourth-order valence-corrected chi connectivity index (χ4v) is 2.78. The van der Waals surface area contributed by atoms with Crippen molar-refractivity contribution >= 4 is 34.1 Å². The highest BCUT2D eigenvalue weighted by Crippen LogP contribution is 2.20. The molecule has 3 rings (SSSR count). The number of imidazole rings is 1. The first-order chi connectivity index (χ1) is 9.81. The number of fused-ring (bicyclic) bond motifs is 1. The molecule has 0 unspecified atom stereocenters. The van der Waals surface area contributed by atoms with Gasteiger partial charge in [-0.05, 0) is 6.07 Å². The molecule has 3 heterocycles. The molecule has 20 heavy (non-hydrogen) atoms. The summed E-state index contributed by atoms with van der Waals surface area (Å²) in [5, 5.41) is 2.02. The van der Waals surface area contributed by atoms with Crippen molar-refractivity contribution in [3.05, 3.63) is 34.5 Å². The third-order valence-corrected chi connectivity index (χ3v) is 3.80. The molecule has 7 heteroatoms. The van der Waals surface area contributed by atoms with E-state index in [-0.39, 0.29) is 0 Å². The Kier molecular flexibility index (Phi) is 3.84. The van der Waals surface area contributed by atoms with Gasteiger partial charge in [0.25, 0.3) is 0 Å². The second-order valence-corrected chi connectivity index (χ2v) is 5.33. The number of hydrogen-bond acceptors (Lipinski definition) is 5. The van der Waals surface area contributed by atoms with Crippen LogP contribution in [0, 0.1) is 0 Å². The van der Waals surface area contributed by atoms with Crippen LogP contribution in [0.25, 0.3) is 11.2 Å². The molecule has 5 nitrogen and oxygen atoms in total. The molecule has 0 atom stereocenters. The summed E-state index contributed by atoms with van der Waals surface area (Å²) >= 11 is 7.44. The summed E-state index contributed by atoms with van der Waals surface area (Å²) < 4.78 is 7.24. The third-order valence-electron chi connectivity index (χ3n) is 2.98. The van der Waals surface area contributed by atoms with Crippen LogP contribution >= 0.6 is 22.9 Å². The Morgan fingerprint density at radius 2 is 2.25 bits per heavy atom. The minimum absolute atomic E-state index is 0.525. The Bertz CT molecular complexity index is 711. The zero-order chi connectivity index (χ0) is 13.9. The number of pyridine rings is 1. The van der Waals surface area contributed by atoms with Gasteiger partial charge in [0.05, 0.1) is 24.9 Å². The van der Waals surface area contributed by atoms with E-state index in [0.717, 1.165) is 22.7 Å². The minimum Gasteiger partial charge on any atom is -0.481 e. The van der Waals surface area contributed by atoms with Gasteiger partial charge < -0.3 is 9.30 Å². The average molecular weight is 309 g/mol. The minimum atomic E-state index is 0.525. The van der Waals surface area contributed by atoms with Crippen LogP contribution in [0.4, 0.5) is 0 Å². The summed E-state index contributed by atoms with van der Waals surface area (Å²) in [6.45, 7) is 0.645. The predicted octanol–water partition coefficient (Wildman–Crippen LogP) is 2.73. The van der Waals surface area contributed by atoms with Crippen molar-refractivity contribution in [2.45, 2.75) is 13.0 Å². The predicted molar refractivity (Wildman–Crippen MR) is 79.7 cm³/mol. The molecule has 0 radical (unpaired) electrons. The first-order valence-electron chi connectivity index (χ1n) is 6.15. The van der Waals surface area contributed by atoms with Crippen molar-refractivity contribution in [2.24, 2.45) is 0 Å². The van der Waals surface area contributed by atoms with Crippen molar-refractivity contribution < 1.29 is 4.74 Å². The Balaban J connectivity index is 2.11. The first-order valence-corrected chi connectivity index (χ1v) is 7.62. The summed E-state index contributed by atoms with van der Waals surface area (Å²) in [4.78, 5) is 13.4. The molecule has 0 bridgehead atoms. The van der Waals surface area contributed by atoms with Gasteiger partial charge in [-0.1, -0.05) is 0 Å². The molecule has 0 spiro atoms. The topological polar surface area (TPSA) is 52.8 Å². The maximum Gasteiger partial charge on any atom is 0.215 e. The molecule has 104 valence electrons. The SMILES string of the molecule is COc1ccc2nc(CCCl)n(Cc3cscn3)c2n1. The highest BCUT2D eigenvalue weighted by molar-refractivity contribution is 7.07. The summed E-state index contributed by atoms with van der Waals surface area (Å²) in [6, 6.07) is 3.73. The molecule has 0 aliphatic rings. The lowest BCUT2D eigenvalue weighted by Crippen LogP contribution is -2.07. The summed E-state index contributed by atoms with van der Waals surface area (Å²) in [5.74, 6) is 2.02. The van der Waals surface area contributed by atoms with E-state index >= 15 is 0 Å². The van der Waals surface area contributed by atoms with Gasteiger partial charge in [0.15, 0.2) is 5.65 Å². The quantitative estimate of drug-likeness (QED) is 0.680. The lowest BCUT2D eigenvalue weighted by atomic mass is 10.4. The maximum absolute atomic E-state index is 5.86. The summed E-state index contributed by atoms with van der Waals surface area (Å²) in [7, 11) is 1.61. The second-order valence-electron chi connectivity index (χ2n) is 4.23. The van der Waals surface area contributed by atoms with Crippen molar-refractivity contribution in [1.82, 2.24) is 19.5 Å². The molecule has 3 aromatic heterocycles. The van der Waals surface area contributed by atoms with E-state index < -0.39 is 0 Å². The number of hydrogen-bond donors (Lipinski definition) is 0. The van der Waals surface area contributed by atoms with Crippen LogP contribution in [0.2, 0.25) is 0 Å². The van der Waals surface area contributed by atoms with E-state index in [4.69, 9.17) is 16.3 Å². The highest BCUT2D eigenvalue weighted by Gasteiger charge is 2.13. The Hall–Kier alpha value is -1.66. The van der Waals surface area contributed by atoms with E-state index in [0.29, 0.717) is 24.7 Å². The number of thiazole rings is 1. The summed E-state index contributed by atoms with van der Waals surface area (Å²) in [6.07, 6.45) is 0.699. The van der Waals surface area contributed by atoms with E-state index in [9.17, 15) is 0 Å². The number of halogens is 1. The number of nitrogens with zero attached hydrogens (tertiary/aromatic N) is 4. The standard InChI is InChI=1S/C13H13ClN4OS/c1-19-12-3-2-10-13(17-12)18(11(16-10)4-5-14)6-9-7-20-8-15-9/h2-3,7-8H,4-6H2,1H3. The monoisotopic (exact) mass is 308 g/mol. The van der Waals surface area contributed by atoms with Crippen LogP contribution in [0.3, 0.4) is 0 Å². The molecule has 0 saturated heterocycles. The van der Waals surface area contributed by atoms with Gasteiger partial charge in [-0.3, -0.25) is 0 Å². The Morgan fingerprint density at radius 1 is 1.35 bits per heavy atom. The van der Waals surface area contributed by atoms with E-state index in [1.54, 1.807) is 18.4 Å². The van der Waals surface area contributed by atoms with E-state index in [1.165, 1.54) is 0 Å². The zero-order valence-corrected chi connectivity index (χ0v) is 12.5. The molecular weight excluding hydrogens is 296 g/mol. The Labute approximate surface area is 125 Å². The fourth-order valence-electron chi connectivity index (χ4n) is 2.06. The highest BCUT2D eigenvalue weighted by atomic mass is 35.5. The lowest BCUT2D eigenvalue weighted by Gasteiger charge is -2.06. The largest absolute Gasteiger partial charge is 0.481 e. The van der Waals surface area contributed by atoms with Crippen molar-refractivity contribution in [2.75, 3.05) is 13.0 Å². The lowest BCUT2D eigenvalue weighted by molar-refractivity contribution is 0.399. The number of aryl methyl sites for hydroxylation is 1. The van der Waals surface area contributed by atoms with Crippen LogP contribution in [-0.4, -0.2) is 32.5 Å². The molecule has 0 amide bonds. The number of alkyl halides is 1. The molecule has 3 aromatic rings. The van der Waals surface area contributed by atoms with Gasteiger partial charge in [-0.15, -0.1) is 22.9 Å². The number of ether oxygens (including phenoxy) is 1. The van der Waals surface area contributed by atoms with Gasteiger partial charge in [-0.25, -0.2) is 9.97 Å². The van der Waals surface area contributed by atoms with Crippen LogP contribution in [-0.2, 0) is 13.0 Å². The summed E-state index contributed by atoms with van der Waals surface area (Å²) in [5.41, 5.74) is 4.47. The van der Waals surface area contributed by atoms with Crippen LogP contribution in [0.15, 0.2) is 23.0 Å². The van der Waals surface area contributed by atoms with Crippen molar-refractivity contribution in [3.63, 3.8) is 0 Å². The molecule has 0 N–H and O–H groups in total. The van der Waals surface area contributed by atoms with Gasteiger partial charge in [0, 0.05) is 23.7 Å². The molecule has 0 aromatic carbocycles. The average Bonchev–Trinajstić information content (AvgIpc) is 3.08. The molecule has 0 fully saturated rings. The number of aromatic nitrogens is 4. The smallest absolute Gasteiger partial charge is 0.215 e. The maximum atomic E-state index is 5.86. The molecular formula is C13H13ClN4OS. The third kappa shape index (κ3) is 2.48. The van der Waals surface area contributed by atoms with Crippen molar-refractivity contribution in [3.8, 4) is 5.88 Å². The Morgan fingerprint density at radius 3 is 2.95 bits per heavy atom. The normalized spacial score (nSPS) is 11.1. The molecule has 0 aliphatic heterocycles. The van der Waals surface area contributed by atoms with Gasteiger partial charge >= 0.3 is 0 Å². The van der Waals surface area contributed by atoms with E-state index in [2.05, 4.69) is 19.5 Å². The molecule has 0 saturated carbocycles. The fraction of sp³-hybridized carbons (Fsp3) is 0.308. The van der Waals surface area contributed by atoms with E-state index in [1.807, 2.05) is 23.0 Å². The zero-order valence-electron chi connectivity index (χ0n) is 10.9. The van der Waals surface area contributed by atoms with Gasteiger partial charge in [0.2, 0.25) is 5.88 Å². The first kappa shape index (κ1) is 13.3. The molecule has 0 aliphatic carbocycles. The van der Waals surface area contributed by atoms with Gasteiger partial charge in [-0.2, -0.15) is 4.98 Å². The number of rotatable bonds is 5. The van der Waals surface area contributed by atoms with Crippen LogP contribution in [0.5, 0.6) is 5.88 Å². The van der Waals surface area contributed by atoms with Crippen LogP contribution < -0.4 is 4.74 Å².